The fourth-order valence-corrected chi connectivity index (χ4v) is 1.63. The first-order valence-electron chi connectivity index (χ1n) is 5.02. The van der Waals surface area contributed by atoms with Gasteiger partial charge in [0.05, 0.1) is 5.02 Å². The fraction of sp³-hybridized carbons (Fsp3) is 0.455. The summed E-state index contributed by atoms with van der Waals surface area (Å²) in [4.78, 5) is 0. The van der Waals surface area contributed by atoms with Gasteiger partial charge in [0.25, 0.3) is 0 Å². The second-order valence-electron chi connectivity index (χ2n) is 3.17. The molecule has 0 amide bonds. The predicted octanol–water partition coefficient (Wildman–Crippen LogP) is 3.48. The van der Waals surface area contributed by atoms with Crippen molar-refractivity contribution in [3.05, 3.63) is 27.7 Å². The van der Waals surface area contributed by atoms with Gasteiger partial charge in [-0.3, -0.25) is 0 Å². The van der Waals surface area contributed by atoms with Crippen LogP contribution in [0, 0.1) is 0 Å². The first-order chi connectivity index (χ1) is 7.24. The molecule has 0 bridgehead atoms. The first-order valence-corrected chi connectivity index (χ1v) is 6.19. The van der Waals surface area contributed by atoms with E-state index in [4.69, 9.17) is 16.3 Å². The lowest BCUT2D eigenvalue weighted by molar-refractivity contribution is 0.314. The van der Waals surface area contributed by atoms with Gasteiger partial charge in [-0.25, -0.2) is 0 Å². The quantitative estimate of drug-likeness (QED) is 0.811. The normalized spacial score (nSPS) is 10.3. The Bertz CT molecular complexity index is 307. The van der Waals surface area contributed by atoms with Gasteiger partial charge in [0, 0.05) is 11.0 Å². The monoisotopic (exact) mass is 291 g/mol. The van der Waals surface area contributed by atoms with Crippen molar-refractivity contribution in [3.63, 3.8) is 0 Å². The zero-order valence-electron chi connectivity index (χ0n) is 8.72. The molecule has 1 N–H and O–H groups in total. The molecule has 0 aliphatic carbocycles. The number of nitrogens with one attached hydrogen (secondary N) is 1. The number of ether oxygens (including phenoxy) is 1. The number of halogens is 2. The van der Waals surface area contributed by atoms with Gasteiger partial charge in [-0.15, -0.1) is 0 Å². The molecule has 0 unspecified atom stereocenters. The van der Waals surface area contributed by atoms with Gasteiger partial charge in [0.15, 0.2) is 0 Å². The van der Waals surface area contributed by atoms with Crippen LogP contribution < -0.4 is 10.1 Å². The lowest BCUT2D eigenvalue weighted by Crippen LogP contribution is -2.21. The molecule has 0 spiro atoms. The van der Waals surface area contributed by atoms with E-state index in [0.717, 1.165) is 29.7 Å². The molecule has 1 aromatic carbocycles. The topological polar surface area (TPSA) is 21.3 Å². The summed E-state index contributed by atoms with van der Waals surface area (Å²) in [5.41, 5.74) is 0. The Kier molecular flexibility index (Phi) is 6.06. The molecule has 2 nitrogen and oxygen atoms in total. The van der Waals surface area contributed by atoms with Crippen LogP contribution in [0.4, 0.5) is 0 Å². The van der Waals surface area contributed by atoms with Crippen molar-refractivity contribution in [1.29, 1.82) is 0 Å². The minimum absolute atomic E-state index is 0.635. The van der Waals surface area contributed by atoms with Crippen molar-refractivity contribution in [1.82, 2.24) is 5.32 Å². The molecule has 1 aromatic rings. The fourth-order valence-electron chi connectivity index (χ4n) is 1.12. The summed E-state index contributed by atoms with van der Waals surface area (Å²) in [5.74, 6) is 0.726. The minimum atomic E-state index is 0.635. The van der Waals surface area contributed by atoms with Crippen LogP contribution in [0.1, 0.15) is 13.3 Å². The Labute approximate surface area is 104 Å². The third kappa shape index (κ3) is 4.87. The average molecular weight is 293 g/mol. The van der Waals surface area contributed by atoms with Crippen LogP contribution in [0.25, 0.3) is 0 Å². The Hall–Kier alpha value is -0.250. The van der Waals surface area contributed by atoms with Crippen LogP contribution in [0.5, 0.6) is 5.75 Å². The first kappa shape index (κ1) is 12.8. The molecule has 4 heteroatoms. The van der Waals surface area contributed by atoms with Crippen molar-refractivity contribution >= 4 is 27.5 Å². The van der Waals surface area contributed by atoms with E-state index in [0.29, 0.717) is 11.6 Å². The number of benzene rings is 1. The van der Waals surface area contributed by atoms with E-state index >= 15 is 0 Å². The number of hydrogen-bond donors (Lipinski definition) is 1. The zero-order chi connectivity index (χ0) is 11.1. The van der Waals surface area contributed by atoms with Crippen LogP contribution in [0.15, 0.2) is 22.7 Å². The largest absolute Gasteiger partial charge is 0.491 e. The highest BCUT2D eigenvalue weighted by atomic mass is 79.9. The van der Waals surface area contributed by atoms with Gasteiger partial charge in [0.1, 0.15) is 12.4 Å². The van der Waals surface area contributed by atoms with E-state index in [1.54, 1.807) is 0 Å². The summed E-state index contributed by atoms with van der Waals surface area (Å²) in [6.45, 7) is 4.64. The van der Waals surface area contributed by atoms with E-state index in [2.05, 4.69) is 28.2 Å². The van der Waals surface area contributed by atoms with Crippen molar-refractivity contribution in [2.75, 3.05) is 19.7 Å². The SMILES string of the molecule is CCCNCCOc1cc(Br)ccc1Cl. The summed E-state index contributed by atoms with van der Waals surface area (Å²) in [6.07, 6.45) is 1.14. The van der Waals surface area contributed by atoms with Crippen molar-refractivity contribution in [2.45, 2.75) is 13.3 Å². The van der Waals surface area contributed by atoms with Crippen molar-refractivity contribution in [3.8, 4) is 5.75 Å². The highest BCUT2D eigenvalue weighted by Crippen LogP contribution is 2.27. The summed E-state index contributed by atoms with van der Waals surface area (Å²) in [7, 11) is 0. The van der Waals surface area contributed by atoms with Gasteiger partial charge in [-0.2, -0.15) is 0 Å². The van der Waals surface area contributed by atoms with E-state index in [9.17, 15) is 0 Å². The maximum atomic E-state index is 5.97. The van der Waals surface area contributed by atoms with Gasteiger partial charge >= 0.3 is 0 Å². The summed E-state index contributed by atoms with van der Waals surface area (Å²) in [6, 6.07) is 5.59. The molecular weight excluding hydrogens is 277 g/mol. The second-order valence-corrected chi connectivity index (χ2v) is 4.50. The van der Waals surface area contributed by atoms with Crippen molar-refractivity contribution < 1.29 is 4.74 Å². The van der Waals surface area contributed by atoms with Crippen LogP contribution in [0.3, 0.4) is 0 Å². The van der Waals surface area contributed by atoms with Crippen LogP contribution >= 0.6 is 27.5 Å². The van der Waals surface area contributed by atoms with Gasteiger partial charge in [-0.1, -0.05) is 34.5 Å². The maximum absolute atomic E-state index is 5.97. The standard InChI is InChI=1S/C11H15BrClNO/c1-2-5-14-6-7-15-11-8-9(12)3-4-10(11)13/h3-4,8,14H,2,5-7H2,1H3. The highest BCUT2D eigenvalue weighted by Gasteiger charge is 2.01. The molecule has 0 atom stereocenters. The molecule has 15 heavy (non-hydrogen) atoms. The van der Waals surface area contributed by atoms with E-state index in [1.807, 2.05) is 18.2 Å². The molecule has 0 fully saturated rings. The smallest absolute Gasteiger partial charge is 0.139 e. The Morgan fingerprint density at radius 1 is 1.40 bits per heavy atom. The average Bonchev–Trinajstić information content (AvgIpc) is 2.23. The molecule has 0 saturated carbocycles. The lowest BCUT2D eigenvalue weighted by atomic mass is 10.3. The van der Waals surface area contributed by atoms with Crippen LogP contribution in [-0.4, -0.2) is 19.7 Å². The minimum Gasteiger partial charge on any atom is -0.491 e. The molecule has 0 radical (unpaired) electrons. The van der Waals surface area contributed by atoms with Crippen LogP contribution in [-0.2, 0) is 0 Å². The van der Waals surface area contributed by atoms with E-state index in [-0.39, 0.29) is 0 Å². The Morgan fingerprint density at radius 3 is 2.93 bits per heavy atom. The van der Waals surface area contributed by atoms with Crippen molar-refractivity contribution in [2.24, 2.45) is 0 Å². The number of hydrogen-bond acceptors (Lipinski definition) is 2. The highest BCUT2D eigenvalue weighted by molar-refractivity contribution is 9.10. The van der Waals surface area contributed by atoms with Crippen LogP contribution in [0.2, 0.25) is 5.02 Å². The molecule has 1 rings (SSSR count). The van der Waals surface area contributed by atoms with Gasteiger partial charge in [0.2, 0.25) is 0 Å². The van der Waals surface area contributed by atoms with E-state index < -0.39 is 0 Å². The third-order valence-electron chi connectivity index (χ3n) is 1.86. The summed E-state index contributed by atoms with van der Waals surface area (Å²) in [5, 5.41) is 3.91. The Morgan fingerprint density at radius 2 is 2.20 bits per heavy atom. The second kappa shape index (κ2) is 7.09. The maximum Gasteiger partial charge on any atom is 0.139 e. The molecule has 84 valence electrons. The zero-order valence-corrected chi connectivity index (χ0v) is 11.1. The molecule has 0 heterocycles. The summed E-state index contributed by atoms with van der Waals surface area (Å²) >= 11 is 9.35. The Balaban J connectivity index is 2.33. The molecule has 0 aliphatic heterocycles. The van der Waals surface area contributed by atoms with Gasteiger partial charge in [-0.05, 0) is 31.2 Å². The molecular formula is C11H15BrClNO. The lowest BCUT2D eigenvalue weighted by Gasteiger charge is -2.08. The summed E-state index contributed by atoms with van der Waals surface area (Å²) < 4.78 is 6.52. The molecule has 0 aliphatic rings. The predicted molar refractivity (Wildman–Crippen MR) is 67.8 cm³/mol. The van der Waals surface area contributed by atoms with Gasteiger partial charge < -0.3 is 10.1 Å². The number of rotatable bonds is 6. The molecule has 0 saturated heterocycles. The van der Waals surface area contributed by atoms with E-state index in [1.165, 1.54) is 0 Å². The third-order valence-corrected chi connectivity index (χ3v) is 2.66. The molecule has 0 aromatic heterocycles.